The third-order valence-electron chi connectivity index (χ3n) is 6.11. The first-order valence-electron chi connectivity index (χ1n) is 9.97. The third kappa shape index (κ3) is 3.45. The Kier molecular flexibility index (Phi) is 5.32. The fourth-order valence-electron chi connectivity index (χ4n) is 4.73. The summed E-state index contributed by atoms with van der Waals surface area (Å²) in [4.78, 5) is 37.3. The lowest BCUT2D eigenvalue weighted by molar-refractivity contribution is -0.127. The Morgan fingerprint density at radius 2 is 1.13 bits per heavy atom. The minimum absolute atomic E-state index is 0.0243. The normalized spacial score (nSPS) is 22.7. The van der Waals surface area contributed by atoms with E-state index in [1.165, 1.54) is 6.92 Å². The highest BCUT2D eigenvalue weighted by atomic mass is 16.4. The van der Waals surface area contributed by atoms with E-state index in [2.05, 4.69) is 0 Å². The Labute approximate surface area is 175 Å². The molecule has 4 unspecified atom stereocenters. The van der Waals surface area contributed by atoms with E-state index < -0.39 is 17.8 Å². The maximum absolute atomic E-state index is 13.4. The molecule has 0 saturated heterocycles. The first kappa shape index (κ1) is 19.8. The molecular formula is C26H22O4. The van der Waals surface area contributed by atoms with Gasteiger partial charge in [-0.1, -0.05) is 72.8 Å². The second kappa shape index (κ2) is 8.07. The molecule has 4 heteroatoms. The Hall–Kier alpha value is -3.53. The van der Waals surface area contributed by atoms with Crippen LogP contribution in [0.2, 0.25) is 0 Å². The molecule has 0 aromatic heterocycles. The third-order valence-corrected chi connectivity index (χ3v) is 6.11. The van der Waals surface area contributed by atoms with E-state index in [1.807, 2.05) is 48.5 Å². The molecule has 0 spiro atoms. The summed E-state index contributed by atoms with van der Waals surface area (Å²) in [7, 11) is 0. The van der Waals surface area contributed by atoms with E-state index in [4.69, 9.17) is 0 Å². The number of aromatic carboxylic acids is 1. The molecule has 1 aliphatic carbocycles. The van der Waals surface area contributed by atoms with Crippen LogP contribution >= 0.6 is 0 Å². The second-order valence-corrected chi connectivity index (χ2v) is 7.78. The summed E-state index contributed by atoms with van der Waals surface area (Å²) in [6.07, 6.45) is 0. The first-order valence-corrected chi connectivity index (χ1v) is 9.97. The molecule has 3 aromatic rings. The summed E-state index contributed by atoms with van der Waals surface area (Å²) < 4.78 is 0. The van der Waals surface area contributed by atoms with Gasteiger partial charge in [0.25, 0.3) is 0 Å². The van der Waals surface area contributed by atoms with Gasteiger partial charge in [-0.2, -0.15) is 0 Å². The molecule has 30 heavy (non-hydrogen) atoms. The Balaban J connectivity index is 1.79. The number of benzene rings is 3. The molecule has 4 rings (SSSR count). The number of carbonyl (C=O) groups excluding carboxylic acids is 2. The monoisotopic (exact) mass is 398 g/mol. The lowest BCUT2D eigenvalue weighted by Crippen LogP contribution is -2.50. The topological polar surface area (TPSA) is 71.4 Å². The molecule has 1 saturated carbocycles. The standard InChI is InChI=1S/C26H22O4/c1-16(27)21-22(18-12-14-20(15-13-18)26(29)30)23(17-8-4-2-5-9-17)24(21)25(28)19-10-6-3-7-11-19/h2-15,21-24H,1H3,(H,29,30). The van der Waals surface area contributed by atoms with Crippen molar-refractivity contribution in [1.29, 1.82) is 0 Å². The van der Waals surface area contributed by atoms with Gasteiger partial charge in [0.1, 0.15) is 5.78 Å². The molecule has 4 nitrogen and oxygen atoms in total. The van der Waals surface area contributed by atoms with Crippen LogP contribution in [0.25, 0.3) is 0 Å². The lowest BCUT2D eigenvalue weighted by atomic mass is 9.50. The molecule has 1 fully saturated rings. The van der Waals surface area contributed by atoms with Crippen LogP contribution in [-0.4, -0.2) is 22.6 Å². The van der Waals surface area contributed by atoms with Gasteiger partial charge < -0.3 is 5.11 Å². The number of hydrogen-bond donors (Lipinski definition) is 1. The first-order chi connectivity index (χ1) is 14.5. The number of carboxylic acid groups (broad SMARTS) is 1. The summed E-state index contributed by atoms with van der Waals surface area (Å²) in [5, 5.41) is 9.20. The van der Waals surface area contributed by atoms with Gasteiger partial charge in [-0.25, -0.2) is 4.79 Å². The highest BCUT2D eigenvalue weighted by Crippen LogP contribution is 2.59. The summed E-state index contributed by atoms with van der Waals surface area (Å²) >= 11 is 0. The van der Waals surface area contributed by atoms with E-state index in [-0.39, 0.29) is 29.0 Å². The SMILES string of the molecule is CC(=O)C1C(C(=O)c2ccccc2)C(c2ccccc2)C1c1ccc(C(=O)O)cc1. The van der Waals surface area contributed by atoms with Gasteiger partial charge in [0, 0.05) is 29.2 Å². The maximum Gasteiger partial charge on any atom is 0.335 e. The summed E-state index contributed by atoms with van der Waals surface area (Å²) in [5.41, 5.74) is 2.70. The summed E-state index contributed by atoms with van der Waals surface area (Å²) in [6, 6.07) is 25.5. The van der Waals surface area contributed by atoms with Crippen molar-refractivity contribution in [2.45, 2.75) is 18.8 Å². The minimum Gasteiger partial charge on any atom is -0.478 e. The number of hydrogen-bond acceptors (Lipinski definition) is 3. The zero-order valence-electron chi connectivity index (χ0n) is 16.6. The number of ketones is 2. The molecule has 3 aromatic carbocycles. The Bertz CT molecular complexity index is 1070. The van der Waals surface area contributed by atoms with Crippen molar-refractivity contribution in [2.75, 3.05) is 0 Å². The van der Waals surface area contributed by atoms with Crippen molar-refractivity contribution >= 4 is 17.5 Å². The van der Waals surface area contributed by atoms with Gasteiger partial charge >= 0.3 is 5.97 Å². The molecule has 150 valence electrons. The van der Waals surface area contributed by atoms with E-state index in [9.17, 15) is 19.5 Å². The van der Waals surface area contributed by atoms with Crippen LogP contribution in [0.3, 0.4) is 0 Å². The van der Waals surface area contributed by atoms with Crippen LogP contribution in [0.1, 0.15) is 50.6 Å². The lowest BCUT2D eigenvalue weighted by Gasteiger charge is -2.51. The van der Waals surface area contributed by atoms with Crippen LogP contribution in [0, 0.1) is 11.8 Å². The number of carboxylic acids is 1. The van der Waals surface area contributed by atoms with Crippen molar-refractivity contribution in [3.05, 3.63) is 107 Å². The van der Waals surface area contributed by atoms with Gasteiger partial charge in [0.15, 0.2) is 5.78 Å². The molecule has 0 amide bonds. The van der Waals surface area contributed by atoms with Crippen molar-refractivity contribution in [1.82, 2.24) is 0 Å². The molecule has 1 aliphatic rings. The second-order valence-electron chi connectivity index (χ2n) is 7.78. The zero-order valence-corrected chi connectivity index (χ0v) is 16.6. The van der Waals surface area contributed by atoms with Crippen molar-refractivity contribution in [3.63, 3.8) is 0 Å². The fourth-order valence-corrected chi connectivity index (χ4v) is 4.73. The van der Waals surface area contributed by atoms with Crippen molar-refractivity contribution < 1.29 is 19.5 Å². The average molecular weight is 398 g/mol. The van der Waals surface area contributed by atoms with Crippen LogP contribution in [0.4, 0.5) is 0 Å². The van der Waals surface area contributed by atoms with E-state index >= 15 is 0 Å². The van der Waals surface area contributed by atoms with Crippen molar-refractivity contribution in [3.8, 4) is 0 Å². The van der Waals surface area contributed by atoms with Gasteiger partial charge in [0.05, 0.1) is 5.56 Å². The Morgan fingerprint density at radius 3 is 1.67 bits per heavy atom. The van der Waals surface area contributed by atoms with Gasteiger partial charge in [-0.15, -0.1) is 0 Å². The number of rotatable bonds is 6. The average Bonchev–Trinajstić information content (AvgIpc) is 2.74. The summed E-state index contributed by atoms with van der Waals surface area (Å²) in [6.45, 7) is 1.54. The van der Waals surface area contributed by atoms with Crippen LogP contribution < -0.4 is 0 Å². The molecular weight excluding hydrogens is 376 g/mol. The van der Waals surface area contributed by atoms with Gasteiger partial charge in [-0.3, -0.25) is 9.59 Å². The smallest absolute Gasteiger partial charge is 0.335 e. The molecule has 0 bridgehead atoms. The van der Waals surface area contributed by atoms with Crippen LogP contribution in [0.15, 0.2) is 84.9 Å². The van der Waals surface area contributed by atoms with E-state index in [0.717, 1.165) is 11.1 Å². The molecule has 0 heterocycles. The molecule has 4 atom stereocenters. The van der Waals surface area contributed by atoms with E-state index in [1.54, 1.807) is 36.4 Å². The minimum atomic E-state index is -0.991. The largest absolute Gasteiger partial charge is 0.478 e. The highest BCUT2D eigenvalue weighted by Gasteiger charge is 2.56. The van der Waals surface area contributed by atoms with Gasteiger partial charge in [-0.05, 0) is 30.2 Å². The van der Waals surface area contributed by atoms with E-state index in [0.29, 0.717) is 5.56 Å². The van der Waals surface area contributed by atoms with Crippen LogP contribution in [0.5, 0.6) is 0 Å². The number of carbonyl (C=O) groups is 3. The predicted molar refractivity (Wildman–Crippen MR) is 114 cm³/mol. The fraction of sp³-hybridized carbons (Fsp3) is 0.192. The molecule has 0 aliphatic heterocycles. The highest BCUT2D eigenvalue weighted by molar-refractivity contribution is 6.03. The van der Waals surface area contributed by atoms with Crippen LogP contribution in [-0.2, 0) is 4.79 Å². The van der Waals surface area contributed by atoms with Crippen molar-refractivity contribution in [2.24, 2.45) is 11.8 Å². The zero-order chi connectivity index (χ0) is 21.3. The van der Waals surface area contributed by atoms with Gasteiger partial charge in [0.2, 0.25) is 0 Å². The Morgan fingerprint density at radius 1 is 0.633 bits per heavy atom. The molecule has 0 radical (unpaired) electrons. The predicted octanol–water partition coefficient (Wildman–Crippen LogP) is 4.97. The summed E-state index contributed by atoms with van der Waals surface area (Å²) in [5.74, 6) is -2.26. The number of Topliss-reactive ketones (excluding diaryl/α,β-unsaturated/α-hetero) is 2. The quantitative estimate of drug-likeness (QED) is 0.595. The molecule has 1 N–H and O–H groups in total. The maximum atomic E-state index is 13.4.